The Labute approximate surface area is 136 Å². The quantitative estimate of drug-likeness (QED) is 0.544. The Morgan fingerprint density at radius 1 is 1.20 bits per heavy atom. The zero-order valence-corrected chi connectivity index (χ0v) is 14.5. The summed E-state index contributed by atoms with van der Waals surface area (Å²) in [6, 6.07) is 6.42. The van der Waals surface area contributed by atoms with Gasteiger partial charge in [0.1, 0.15) is 16.8 Å². The van der Waals surface area contributed by atoms with Crippen molar-refractivity contribution in [2.45, 2.75) is 32.6 Å². The molecule has 20 heavy (non-hydrogen) atoms. The van der Waals surface area contributed by atoms with Crippen molar-refractivity contribution in [3.05, 3.63) is 55.9 Å². The van der Waals surface area contributed by atoms with Crippen molar-refractivity contribution in [3.8, 4) is 0 Å². The number of halogens is 3. The Balaban J connectivity index is 2.53. The molecular weight excluding hydrogens is 390 g/mol. The molecule has 0 radical (unpaired) electrons. The molecule has 0 aliphatic heterocycles. The second-order valence-corrected chi connectivity index (χ2v) is 6.52. The second-order valence-electron chi connectivity index (χ2n) is 5.08. The zero-order valence-electron chi connectivity index (χ0n) is 11.5. The summed E-state index contributed by atoms with van der Waals surface area (Å²) in [4.78, 5) is 9.03. The van der Waals surface area contributed by atoms with E-state index >= 15 is 0 Å². The van der Waals surface area contributed by atoms with Crippen molar-refractivity contribution in [2.75, 3.05) is 0 Å². The van der Waals surface area contributed by atoms with E-state index in [2.05, 4.69) is 32.6 Å². The summed E-state index contributed by atoms with van der Waals surface area (Å²) in [5, 5.41) is 0.475. The number of nitrogens with zero attached hydrogens (tertiary/aromatic N) is 2. The van der Waals surface area contributed by atoms with Gasteiger partial charge in [-0.15, -0.1) is 0 Å². The highest BCUT2D eigenvalue weighted by molar-refractivity contribution is 14.1. The van der Waals surface area contributed by atoms with Gasteiger partial charge in [0.15, 0.2) is 0 Å². The zero-order chi connectivity index (χ0) is 14.9. The molecule has 0 atom stereocenters. The van der Waals surface area contributed by atoms with Crippen LogP contribution in [-0.2, 0) is 11.8 Å². The molecule has 106 valence electrons. The molecule has 0 aliphatic rings. The van der Waals surface area contributed by atoms with Crippen molar-refractivity contribution >= 4 is 34.2 Å². The van der Waals surface area contributed by atoms with Gasteiger partial charge >= 0.3 is 0 Å². The topological polar surface area (TPSA) is 25.8 Å². The standard InChI is InChI=1S/C15H15ClFIN2/c1-4-11-12(18)13(16)20-14(19-11)15(2,3)9-5-7-10(17)8-6-9/h5-8H,4H2,1-3H3. The third kappa shape index (κ3) is 2.96. The van der Waals surface area contributed by atoms with Crippen molar-refractivity contribution < 1.29 is 4.39 Å². The van der Waals surface area contributed by atoms with Gasteiger partial charge in [-0.1, -0.05) is 30.7 Å². The van der Waals surface area contributed by atoms with Gasteiger partial charge in [0, 0.05) is 5.41 Å². The lowest BCUT2D eigenvalue weighted by Gasteiger charge is -2.24. The summed E-state index contributed by atoms with van der Waals surface area (Å²) < 4.78 is 14.0. The summed E-state index contributed by atoms with van der Waals surface area (Å²) >= 11 is 8.36. The molecule has 0 saturated heterocycles. The summed E-state index contributed by atoms with van der Waals surface area (Å²) in [5.74, 6) is 0.409. The van der Waals surface area contributed by atoms with Crippen LogP contribution in [-0.4, -0.2) is 9.97 Å². The molecule has 1 aromatic carbocycles. The summed E-state index contributed by atoms with van der Waals surface area (Å²) in [7, 11) is 0. The van der Waals surface area contributed by atoms with Crippen LogP contribution in [0.25, 0.3) is 0 Å². The average molecular weight is 405 g/mol. The molecular formula is C15H15ClFIN2. The molecule has 0 spiro atoms. The fraction of sp³-hybridized carbons (Fsp3) is 0.333. The Hall–Kier alpha value is -0.750. The van der Waals surface area contributed by atoms with Gasteiger partial charge in [-0.05, 0) is 60.6 Å². The fourth-order valence-electron chi connectivity index (χ4n) is 1.97. The van der Waals surface area contributed by atoms with E-state index in [0.717, 1.165) is 21.2 Å². The van der Waals surface area contributed by atoms with Crippen LogP contribution in [0.3, 0.4) is 0 Å². The molecule has 1 aromatic heterocycles. The van der Waals surface area contributed by atoms with Gasteiger partial charge in [-0.3, -0.25) is 0 Å². The third-order valence-electron chi connectivity index (χ3n) is 3.34. The van der Waals surface area contributed by atoms with Crippen LogP contribution in [0.1, 0.15) is 37.9 Å². The first-order chi connectivity index (χ1) is 9.36. The van der Waals surface area contributed by atoms with E-state index in [-0.39, 0.29) is 5.82 Å². The number of hydrogen-bond acceptors (Lipinski definition) is 2. The van der Waals surface area contributed by atoms with Crippen LogP contribution in [0.5, 0.6) is 0 Å². The van der Waals surface area contributed by atoms with E-state index in [4.69, 9.17) is 11.6 Å². The molecule has 0 fully saturated rings. The van der Waals surface area contributed by atoms with E-state index in [1.807, 2.05) is 20.8 Å². The van der Waals surface area contributed by atoms with E-state index in [0.29, 0.717) is 11.0 Å². The Bertz CT molecular complexity index is 627. The highest BCUT2D eigenvalue weighted by Crippen LogP contribution is 2.31. The van der Waals surface area contributed by atoms with Gasteiger partial charge in [0.2, 0.25) is 0 Å². The van der Waals surface area contributed by atoms with Crippen LogP contribution >= 0.6 is 34.2 Å². The lowest BCUT2D eigenvalue weighted by atomic mass is 9.83. The van der Waals surface area contributed by atoms with Crippen LogP contribution in [0.4, 0.5) is 4.39 Å². The Morgan fingerprint density at radius 3 is 2.35 bits per heavy atom. The Kier molecular flexibility index (Phi) is 4.64. The van der Waals surface area contributed by atoms with E-state index in [1.165, 1.54) is 12.1 Å². The maximum atomic E-state index is 13.1. The summed E-state index contributed by atoms with van der Waals surface area (Å²) in [5.41, 5.74) is 1.47. The number of rotatable bonds is 3. The third-order valence-corrected chi connectivity index (χ3v) is 5.07. The van der Waals surface area contributed by atoms with Crippen LogP contribution in [0.15, 0.2) is 24.3 Å². The minimum atomic E-state index is -0.425. The molecule has 0 N–H and O–H groups in total. The summed E-state index contributed by atoms with van der Waals surface area (Å²) in [6.07, 6.45) is 0.799. The predicted octanol–water partition coefficient (Wildman–Crippen LogP) is 4.76. The molecule has 2 nitrogen and oxygen atoms in total. The van der Waals surface area contributed by atoms with Gasteiger partial charge in [0.05, 0.1) is 9.26 Å². The lowest BCUT2D eigenvalue weighted by molar-refractivity contribution is 0.578. The van der Waals surface area contributed by atoms with Crippen molar-refractivity contribution in [2.24, 2.45) is 0 Å². The number of hydrogen-bond donors (Lipinski definition) is 0. The van der Waals surface area contributed by atoms with Gasteiger partial charge in [-0.2, -0.15) is 0 Å². The minimum absolute atomic E-state index is 0.250. The van der Waals surface area contributed by atoms with Crippen molar-refractivity contribution in [1.82, 2.24) is 9.97 Å². The number of aromatic nitrogens is 2. The molecule has 5 heteroatoms. The molecule has 0 unspecified atom stereocenters. The molecule has 0 saturated carbocycles. The van der Waals surface area contributed by atoms with Gasteiger partial charge in [0.25, 0.3) is 0 Å². The second kappa shape index (κ2) is 5.93. The molecule has 0 aliphatic carbocycles. The van der Waals surface area contributed by atoms with Crippen LogP contribution < -0.4 is 0 Å². The first-order valence-corrected chi connectivity index (χ1v) is 7.80. The summed E-state index contributed by atoms with van der Waals surface area (Å²) in [6.45, 7) is 6.06. The molecule has 2 aromatic rings. The van der Waals surface area contributed by atoms with Crippen LogP contribution in [0, 0.1) is 9.39 Å². The van der Waals surface area contributed by atoms with Crippen molar-refractivity contribution in [3.63, 3.8) is 0 Å². The van der Waals surface area contributed by atoms with Gasteiger partial charge < -0.3 is 0 Å². The number of aryl methyl sites for hydroxylation is 1. The van der Waals surface area contributed by atoms with E-state index in [1.54, 1.807) is 12.1 Å². The lowest BCUT2D eigenvalue weighted by Crippen LogP contribution is -2.23. The predicted molar refractivity (Wildman–Crippen MR) is 87.7 cm³/mol. The first kappa shape index (κ1) is 15.6. The van der Waals surface area contributed by atoms with E-state index in [9.17, 15) is 4.39 Å². The van der Waals surface area contributed by atoms with E-state index < -0.39 is 5.41 Å². The van der Waals surface area contributed by atoms with Crippen molar-refractivity contribution in [1.29, 1.82) is 0 Å². The highest BCUT2D eigenvalue weighted by atomic mass is 127. The number of benzene rings is 1. The largest absolute Gasteiger partial charge is 0.236 e. The normalized spacial score (nSPS) is 11.7. The minimum Gasteiger partial charge on any atom is -0.236 e. The Morgan fingerprint density at radius 2 is 1.80 bits per heavy atom. The SMILES string of the molecule is CCc1nc(C(C)(C)c2ccc(F)cc2)nc(Cl)c1I. The molecule has 1 heterocycles. The highest BCUT2D eigenvalue weighted by Gasteiger charge is 2.28. The molecule has 0 amide bonds. The first-order valence-electron chi connectivity index (χ1n) is 6.34. The smallest absolute Gasteiger partial charge is 0.146 e. The average Bonchev–Trinajstić information content (AvgIpc) is 2.42. The molecule has 0 bridgehead atoms. The maximum Gasteiger partial charge on any atom is 0.146 e. The monoisotopic (exact) mass is 404 g/mol. The maximum absolute atomic E-state index is 13.1. The molecule has 2 rings (SSSR count). The van der Waals surface area contributed by atoms with Gasteiger partial charge in [-0.25, -0.2) is 14.4 Å². The fourth-order valence-corrected chi connectivity index (χ4v) is 2.78. The van der Waals surface area contributed by atoms with Crippen LogP contribution in [0.2, 0.25) is 5.15 Å².